The van der Waals surface area contributed by atoms with Gasteiger partial charge in [0.1, 0.15) is 11.6 Å². The number of amides is 1. The van der Waals surface area contributed by atoms with Gasteiger partial charge in [-0.25, -0.2) is 4.39 Å². The number of thioether (sulfide) groups is 1. The van der Waals surface area contributed by atoms with Crippen LogP contribution in [0.2, 0.25) is 5.02 Å². The number of carbonyl (C=O) groups excluding carboxylic acids is 1. The minimum Gasteiger partial charge on any atom is -0.494 e. The fourth-order valence-electron chi connectivity index (χ4n) is 3.13. The lowest BCUT2D eigenvalue weighted by molar-refractivity contribution is -0.113. The number of ether oxygens (including phenoxy) is 1. The second kappa shape index (κ2) is 10.5. The monoisotopic (exact) mass is 482 g/mol. The zero-order chi connectivity index (χ0) is 23.2. The minimum atomic E-state index is -0.363. The van der Waals surface area contributed by atoms with E-state index >= 15 is 0 Å². The SMILES string of the molecule is CCOc1ccc(-n2c(SCC(=O)Nc3ccc(F)cc3)nnc2-c2ccccc2Cl)cc1. The number of rotatable bonds is 8. The number of anilines is 1. The van der Waals surface area contributed by atoms with Crippen LogP contribution in [0.1, 0.15) is 6.92 Å². The molecule has 0 aliphatic rings. The highest BCUT2D eigenvalue weighted by atomic mass is 35.5. The van der Waals surface area contributed by atoms with Gasteiger partial charge >= 0.3 is 0 Å². The third kappa shape index (κ3) is 5.53. The molecule has 0 unspecified atom stereocenters. The van der Waals surface area contributed by atoms with E-state index in [9.17, 15) is 9.18 Å². The number of aromatic nitrogens is 3. The normalized spacial score (nSPS) is 10.8. The Morgan fingerprint density at radius 3 is 2.48 bits per heavy atom. The molecule has 0 saturated carbocycles. The highest BCUT2D eigenvalue weighted by Crippen LogP contribution is 2.32. The van der Waals surface area contributed by atoms with Crippen LogP contribution in [0.15, 0.2) is 78.0 Å². The quantitative estimate of drug-likeness (QED) is 0.319. The molecular weight excluding hydrogens is 463 g/mol. The Morgan fingerprint density at radius 1 is 1.06 bits per heavy atom. The van der Waals surface area contributed by atoms with Crippen LogP contribution >= 0.6 is 23.4 Å². The molecule has 3 aromatic carbocycles. The Labute approximate surface area is 199 Å². The summed E-state index contributed by atoms with van der Waals surface area (Å²) >= 11 is 7.66. The lowest BCUT2D eigenvalue weighted by Crippen LogP contribution is -2.14. The van der Waals surface area contributed by atoms with Gasteiger partial charge in [0, 0.05) is 16.9 Å². The maximum atomic E-state index is 13.1. The van der Waals surface area contributed by atoms with Crippen LogP contribution in [0.3, 0.4) is 0 Å². The number of carbonyl (C=O) groups is 1. The zero-order valence-electron chi connectivity index (χ0n) is 17.7. The van der Waals surface area contributed by atoms with E-state index in [1.165, 1.54) is 36.0 Å². The van der Waals surface area contributed by atoms with Crippen molar-refractivity contribution >= 4 is 35.0 Å². The number of hydrogen-bond donors (Lipinski definition) is 1. The van der Waals surface area contributed by atoms with Crippen LogP contribution in [-0.2, 0) is 4.79 Å². The number of nitrogens with zero attached hydrogens (tertiary/aromatic N) is 3. The third-order valence-electron chi connectivity index (χ3n) is 4.61. The first kappa shape index (κ1) is 22.8. The molecule has 0 aliphatic carbocycles. The van der Waals surface area contributed by atoms with Gasteiger partial charge in [0.2, 0.25) is 5.91 Å². The predicted octanol–water partition coefficient (Wildman–Crippen LogP) is 5.86. The molecule has 1 aromatic heterocycles. The summed E-state index contributed by atoms with van der Waals surface area (Å²) in [5.41, 5.74) is 2.05. The fraction of sp³-hybridized carbons (Fsp3) is 0.125. The van der Waals surface area contributed by atoms with E-state index in [1.54, 1.807) is 6.07 Å². The maximum absolute atomic E-state index is 13.1. The van der Waals surface area contributed by atoms with Crippen molar-refractivity contribution in [3.8, 4) is 22.8 Å². The van der Waals surface area contributed by atoms with Gasteiger partial charge in [0.15, 0.2) is 11.0 Å². The Hall–Kier alpha value is -3.36. The highest BCUT2D eigenvalue weighted by Gasteiger charge is 2.19. The van der Waals surface area contributed by atoms with Gasteiger partial charge in [0.05, 0.1) is 17.4 Å². The van der Waals surface area contributed by atoms with Crippen molar-refractivity contribution in [2.45, 2.75) is 12.1 Å². The van der Waals surface area contributed by atoms with Gasteiger partial charge in [-0.2, -0.15) is 0 Å². The molecule has 4 rings (SSSR count). The first-order chi connectivity index (χ1) is 16.0. The van der Waals surface area contributed by atoms with E-state index in [0.717, 1.165) is 17.0 Å². The molecule has 0 fully saturated rings. The molecule has 0 aliphatic heterocycles. The van der Waals surface area contributed by atoms with Crippen LogP contribution in [0, 0.1) is 5.82 Å². The maximum Gasteiger partial charge on any atom is 0.234 e. The number of benzene rings is 3. The average Bonchev–Trinajstić information content (AvgIpc) is 3.24. The second-order valence-corrected chi connectivity index (χ2v) is 8.24. The van der Waals surface area contributed by atoms with Crippen molar-refractivity contribution < 1.29 is 13.9 Å². The highest BCUT2D eigenvalue weighted by molar-refractivity contribution is 7.99. The molecule has 33 heavy (non-hydrogen) atoms. The molecule has 6 nitrogen and oxygen atoms in total. The molecule has 1 N–H and O–H groups in total. The number of halogens is 2. The number of hydrogen-bond acceptors (Lipinski definition) is 5. The van der Waals surface area contributed by atoms with Crippen LogP contribution in [0.5, 0.6) is 5.75 Å². The van der Waals surface area contributed by atoms with Gasteiger partial charge in [-0.05, 0) is 67.6 Å². The molecule has 1 heterocycles. The summed E-state index contributed by atoms with van der Waals surface area (Å²) in [7, 11) is 0. The van der Waals surface area contributed by atoms with Crippen LogP contribution in [0.25, 0.3) is 17.1 Å². The standard InChI is InChI=1S/C24H20ClFN4O2S/c1-2-32-19-13-11-18(12-14-19)30-23(20-5-3-4-6-21(20)25)28-29-24(30)33-15-22(31)27-17-9-7-16(26)8-10-17/h3-14H,2,15H2,1H3,(H,27,31). The third-order valence-corrected chi connectivity index (χ3v) is 5.87. The van der Waals surface area contributed by atoms with Crippen LogP contribution < -0.4 is 10.1 Å². The molecule has 0 saturated heterocycles. The predicted molar refractivity (Wildman–Crippen MR) is 129 cm³/mol. The summed E-state index contributed by atoms with van der Waals surface area (Å²) in [5, 5.41) is 12.5. The van der Waals surface area contributed by atoms with Gasteiger partial charge < -0.3 is 10.1 Å². The molecule has 1 amide bonds. The van der Waals surface area contributed by atoms with E-state index in [4.69, 9.17) is 16.3 Å². The molecule has 0 radical (unpaired) electrons. The largest absolute Gasteiger partial charge is 0.494 e. The number of nitrogens with one attached hydrogen (secondary N) is 1. The van der Waals surface area contributed by atoms with Crippen LogP contribution in [-0.4, -0.2) is 33.0 Å². The van der Waals surface area contributed by atoms with Gasteiger partial charge in [-0.3, -0.25) is 9.36 Å². The summed E-state index contributed by atoms with van der Waals surface area (Å²) in [6.45, 7) is 2.50. The average molecular weight is 483 g/mol. The van der Waals surface area contributed by atoms with E-state index in [1.807, 2.05) is 54.0 Å². The zero-order valence-corrected chi connectivity index (χ0v) is 19.2. The minimum absolute atomic E-state index is 0.0923. The van der Waals surface area contributed by atoms with Crippen molar-refractivity contribution in [1.29, 1.82) is 0 Å². The first-order valence-corrected chi connectivity index (χ1v) is 11.5. The second-order valence-electron chi connectivity index (χ2n) is 6.89. The lowest BCUT2D eigenvalue weighted by Gasteiger charge is -2.12. The first-order valence-electron chi connectivity index (χ1n) is 10.2. The van der Waals surface area contributed by atoms with Gasteiger partial charge in [-0.15, -0.1) is 10.2 Å². The topological polar surface area (TPSA) is 69.0 Å². The van der Waals surface area contributed by atoms with E-state index in [-0.39, 0.29) is 17.5 Å². The molecule has 0 bridgehead atoms. The molecule has 4 aromatic rings. The van der Waals surface area contributed by atoms with E-state index < -0.39 is 0 Å². The summed E-state index contributed by atoms with van der Waals surface area (Å²) in [5.74, 6) is 0.799. The van der Waals surface area contributed by atoms with E-state index in [0.29, 0.717) is 28.3 Å². The summed E-state index contributed by atoms with van der Waals surface area (Å²) in [6.07, 6.45) is 0. The van der Waals surface area contributed by atoms with Crippen molar-refractivity contribution in [3.63, 3.8) is 0 Å². The summed E-state index contributed by atoms with van der Waals surface area (Å²) in [6, 6.07) is 20.5. The fourth-order valence-corrected chi connectivity index (χ4v) is 4.10. The van der Waals surface area contributed by atoms with Crippen molar-refractivity contribution in [3.05, 3.63) is 83.6 Å². The Bertz CT molecular complexity index is 1250. The molecular formula is C24H20ClFN4O2S. The van der Waals surface area contributed by atoms with Crippen molar-refractivity contribution in [2.75, 3.05) is 17.7 Å². The molecule has 9 heteroatoms. The Balaban J connectivity index is 1.61. The van der Waals surface area contributed by atoms with Crippen LogP contribution in [0.4, 0.5) is 10.1 Å². The molecule has 0 spiro atoms. The van der Waals surface area contributed by atoms with Gasteiger partial charge in [-0.1, -0.05) is 35.5 Å². The summed E-state index contributed by atoms with van der Waals surface area (Å²) < 4.78 is 20.5. The van der Waals surface area contributed by atoms with Gasteiger partial charge in [0.25, 0.3) is 0 Å². The molecule has 0 atom stereocenters. The lowest BCUT2D eigenvalue weighted by atomic mass is 10.2. The Kier molecular flexibility index (Phi) is 7.26. The smallest absolute Gasteiger partial charge is 0.234 e. The Morgan fingerprint density at radius 2 is 1.79 bits per heavy atom. The van der Waals surface area contributed by atoms with Crippen molar-refractivity contribution in [1.82, 2.24) is 14.8 Å². The summed E-state index contributed by atoms with van der Waals surface area (Å²) in [4.78, 5) is 12.4. The van der Waals surface area contributed by atoms with E-state index in [2.05, 4.69) is 15.5 Å². The molecule has 168 valence electrons. The van der Waals surface area contributed by atoms with Crippen molar-refractivity contribution in [2.24, 2.45) is 0 Å².